The van der Waals surface area contributed by atoms with E-state index < -0.39 is 5.60 Å². The topological polar surface area (TPSA) is 66.6 Å². The molecule has 5 nitrogen and oxygen atoms in total. The van der Waals surface area contributed by atoms with Gasteiger partial charge in [0, 0.05) is 19.2 Å². The molecule has 0 atom stereocenters. The first kappa shape index (κ1) is 10.2. The predicted molar refractivity (Wildman–Crippen MR) is 52.3 cm³/mol. The van der Waals surface area contributed by atoms with Crippen LogP contribution in [0.2, 0.25) is 0 Å². The zero-order chi connectivity index (χ0) is 10.9. The van der Waals surface area contributed by atoms with Gasteiger partial charge in [0.1, 0.15) is 6.26 Å². The quantitative estimate of drug-likeness (QED) is 0.739. The molecule has 1 aromatic heterocycles. The van der Waals surface area contributed by atoms with E-state index in [4.69, 9.17) is 0 Å². The average molecular weight is 210 g/mol. The molecule has 0 spiro atoms. The lowest BCUT2D eigenvalue weighted by Crippen LogP contribution is -2.45. The molecule has 5 heteroatoms. The van der Waals surface area contributed by atoms with E-state index in [1.807, 2.05) is 0 Å². The molecule has 0 unspecified atom stereocenters. The summed E-state index contributed by atoms with van der Waals surface area (Å²) in [7, 11) is 0. The third-order valence-electron chi connectivity index (χ3n) is 2.78. The first-order valence-corrected chi connectivity index (χ1v) is 5.00. The number of rotatable bonds is 1. The summed E-state index contributed by atoms with van der Waals surface area (Å²) >= 11 is 0. The molecule has 0 radical (unpaired) electrons. The van der Waals surface area contributed by atoms with Crippen molar-refractivity contribution >= 4 is 5.91 Å². The maximum atomic E-state index is 11.8. The molecule has 1 aliphatic heterocycles. The maximum Gasteiger partial charge on any atom is 0.276 e. The van der Waals surface area contributed by atoms with Crippen molar-refractivity contribution in [1.29, 1.82) is 0 Å². The first-order valence-electron chi connectivity index (χ1n) is 5.00. The van der Waals surface area contributed by atoms with Gasteiger partial charge in [-0.1, -0.05) is 5.16 Å². The smallest absolute Gasteiger partial charge is 0.276 e. The fraction of sp³-hybridized carbons (Fsp3) is 0.600. The molecule has 82 valence electrons. The summed E-state index contributed by atoms with van der Waals surface area (Å²) < 4.78 is 4.62. The number of carbonyl (C=O) groups is 1. The Morgan fingerprint density at radius 1 is 1.60 bits per heavy atom. The number of hydrogen-bond acceptors (Lipinski definition) is 4. The van der Waals surface area contributed by atoms with Gasteiger partial charge in [-0.3, -0.25) is 4.79 Å². The summed E-state index contributed by atoms with van der Waals surface area (Å²) in [6.07, 6.45) is 2.60. The highest BCUT2D eigenvalue weighted by molar-refractivity contribution is 5.92. The Bertz CT molecular complexity index is 336. The number of nitrogens with zero attached hydrogens (tertiary/aromatic N) is 2. The van der Waals surface area contributed by atoms with Crippen molar-refractivity contribution in [3.8, 4) is 0 Å². The van der Waals surface area contributed by atoms with Crippen molar-refractivity contribution in [3.63, 3.8) is 0 Å². The minimum atomic E-state index is -0.638. The lowest BCUT2D eigenvalue weighted by atomic mass is 9.94. The van der Waals surface area contributed by atoms with Crippen molar-refractivity contribution in [2.24, 2.45) is 0 Å². The zero-order valence-corrected chi connectivity index (χ0v) is 8.64. The molecule has 0 aromatic carbocycles. The summed E-state index contributed by atoms with van der Waals surface area (Å²) in [5.74, 6) is -0.126. The molecular weight excluding hydrogens is 196 g/mol. The molecule has 1 amide bonds. The van der Waals surface area contributed by atoms with E-state index in [-0.39, 0.29) is 5.91 Å². The molecule has 1 saturated heterocycles. The normalized spacial score (nSPS) is 20.3. The van der Waals surface area contributed by atoms with Crippen LogP contribution in [-0.2, 0) is 0 Å². The highest BCUT2D eigenvalue weighted by atomic mass is 16.5. The second-order valence-electron chi connectivity index (χ2n) is 4.17. The van der Waals surface area contributed by atoms with Crippen LogP contribution in [0.1, 0.15) is 30.3 Å². The van der Waals surface area contributed by atoms with Gasteiger partial charge >= 0.3 is 0 Å². The highest BCUT2D eigenvalue weighted by Crippen LogP contribution is 2.21. The number of hydrogen-bond donors (Lipinski definition) is 1. The number of aromatic nitrogens is 1. The molecule has 15 heavy (non-hydrogen) atoms. The van der Waals surface area contributed by atoms with Crippen LogP contribution in [0.3, 0.4) is 0 Å². The van der Waals surface area contributed by atoms with Gasteiger partial charge in [0.2, 0.25) is 0 Å². The minimum absolute atomic E-state index is 0.126. The van der Waals surface area contributed by atoms with E-state index in [1.165, 1.54) is 6.26 Å². The third-order valence-corrected chi connectivity index (χ3v) is 2.78. The average Bonchev–Trinajstić information content (AvgIpc) is 2.69. The van der Waals surface area contributed by atoms with Crippen LogP contribution in [0, 0.1) is 0 Å². The van der Waals surface area contributed by atoms with Crippen LogP contribution in [0.25, 0.3) is 0 Å². The number of piperidine rings is 1. The lowest BCUT2D eigenvalue weighted by molar-refractivity contribution is -0.00228. The van der Waals surface area contributed by atoms with E-state index in [9.17, 15) is 9.90 Å². The van der Waals surface area contributed by atoms with Gasteiger partial charge in [0.15, 0.2) is 5.69 Å². The van der Waals surface area contributed by atoms with Gasteiger partial charge in [0.05, 0.1) is 5.60 Å². The van der Waals surface area contributed by atoms with Crippen LogP contribution >= 0.6 is 0 Å². The second kappa shape index (κ2) is 3.66. The van der Waals surface area contributed by atoms with E-state index in [0.717, 1.165) is 0 Å². The Kier molecular flexibility index (Phi) is 2.48. The Morgan fingerprint density at radius 3 is 2.80 bits per heavy atom. The predicted octanol–water partition coefficient (Wildman–Crippen LogP) is 0.662. The number of carbonyl (C=O) groups excluding carboxylic acids is 1. The van der Waals surface area contributed by atoms with Crippen LogP contribution in [0.4, 0.5) is 0 Å². The summed E-state index contributed by atoms with van der Waals surface area (Å²) in [6, 6.07) is 1.55. The molecule has 0 bridgehead atoms. The summed E-state index contributed by atoms with van der Waals surface area (Å²) in [5, 5.41) is 13.3. The van der Waals surface area contributed by atoms with Gasteiger partial charge in [-0.25, -0.2) is 0 Å². The summed E-state index contributed by atoms with van der Waals surface area (Å²) in [5.41, 5.74) is -0.308. The molecule has 2 heterocycles. The van der Waals surface area contributed by atoms with Gasteiger partial charge in [-0.2, -0.15) is 0 Å². The SMILES string of the molecule is CC1(O)CCN(C(=O)c2ccon2)CC1. The Labute approximate surface area is 87.7 Å². The van der Waals surface area contributed by atoms with Crippen molar-refractivity contribution < 1.29 is 14.4 Å². The number of aliphatic hydroxyl groups is 1. The summed E-state index contributed by atoms with van der Waals surface area (Å²) in [4.78, 5) is 13.5. The van der Waals surface area contributed by atoms with Crippen molar-refractivity contribution in [2.45, 2.75) is 25.4 Å². The van der Waals surface area contributed by atoms with E-state index >= 15 is 0 Å². The molecule has 1 aromatic rings. The van der Waals surface area contributed by atoms with Crippen molar-refractivity contribution in [2.75, 3.05) is 13.1 Å². The largest absolute Gasteiger partial charge is 0.390 e. The van der Waals surface area contributed by atoms with Crippen LogP contribution in [0.5, 0.6) is 0 Å². The molecular formula is C10H14N2O3. The number of amides is 1. The zero-order valence-electron chi connectivity index (χ0n) is 8.64. The van der Waals surface area contributed by atoms with E-state index in [0.29, 0.717) is 31.6 Å². The summed E-state index contributed by atoms with van der Waals surface area (Å²) in [6.45, 7) is 2.93. The van der Waals surface area contributed by atoms with Gasteiger partial charge in [-0.05, 0) is 19.8 Å². The van der Waals surface area contributed by atoms with Crippen molar-refractivity contribution in [1.82, 2.24) is 10.1 Å². The highest BCUT2D eigenvalue weighted by Gasteiger charge is 2.30. The molecule has 1 N–H and O–H groups in total. The minimum Gasteiger partial charge on any atom is -0.390 e. The van der Waals surface area contributed by atoms with E-state index in [1.54, 1.807) is 17.9 Å². The fourth-order valence-corrected chi connectivity index (χ4v) is 1.68. The van der Waals surface area contributed by atoms with Gasteiger partial charge in [-0.15, -0.1) is 0 Å². The van der Waals surface area contributed by atoms with Crippen LogP contribution in [-0.4, -0.2) is 39.8 Å². The maximum absolute atomic E-state index is 11.8. The monoisotopic (exact) mass is 210 g/mol. The number of likely N-dealkylation sites (tertiary alicyclic amines) is 1. The Hall–Kier alpha value is -1.36. The lowest BCUT2D eigenvalue weighted by Gasteiger charge is -2.35. The molecule has 2 rings (SSSR count). The fourth-order valence-electron chi connectivity index (χ4n) is 1.68. The standard InChI is InChI=1S/C10H14N2O3/c1-10(14)3-5-12(6-4-10)9(13)8-2-7-15-11-8/h2,7,14H,3-6H2,1H3. The second-order valence-corrected chi connectivity index (χ2v) is 4.17. The third kappa shape index (κ3) is 2.18. The molecule has 0 saturated carbocycles. The van der Waals surface area contributed by atoms with E-state index in [2.05, 4.69) is 9.68 Å². The molecule has 0 aliphatic carbocycles. The Morgan fingerprint density at radius 2 is 2.27 bits per heavy atom. The Balaban J connectivity index is 2.00. The van der Waals surface area contributed by atoms with Gasteiger partial charge in [0.25, 0.3) is 5.91 Å². The van der Waals surface area contributed by atoms with Crippen molar-refractivity contribution in [3.05, 3.63) is 18.0 Å². The van der Waals surface area contributed by atoms with Gasteiger partial charge < -0.3 is 14.5 Å². The first-order chi connectivity index (χ1) is 7.08. The molecule has 1 aliphatic rings. The molecule has 1 fully saturated rings. The van der Waals surface area contributed by atoms with Crippen LogP contribution < -0.4 is 0 Å². The van der Waals surface area contributed by atoms with Crippen LogP contribution in [0.15, 0.2) is 16.9 Å².